The Labute approximate surface area is 152 Å². The fourth-order valence-corrected chi connectivity index (χ4v) is 3.27. The Kier molecular flexibility index (Phi) is 4.37. The van der Waals surface area contributed by atoms with Gasteiger partial charge in [-0.3, -0.25) is 4.79 Å². The number of pyridine rings is 1. The first-order valence-electron chi connectivity index (χ1n) is 8.98. The lowest BCUT2D eigenvalue weighted by molar-refractivity contribution is 0.0569. The van der Waals surface area contributed by atoms with Crippen molar-refractivity contribution in [2.24, 2.45) is 0 Å². The van der Waals surface area contributed by atoms with Crippen LogP contribution in [0, 0.1) is 13.8 Å². The predicted octanol–water partition coefficient (Wildman–Crippen LogP) is 4.13. The Balaban J connectivity index is 1.38. The van der Waals surface area contributed by atoms with E-state index in [-0.39, 0.29) is 12.0 Å². The van der Waals surface area contributed by atoms with E-state index in [4.69, 9.17) is 9.15 Å². The van der Waals surface area contributed by atoms with Gasteiger partial charge in [0.15, 0.2) is 11.3 Å². The van der Waals surface area contributed by atoms with Crippen molar-refractivity contribution in [3.8, 4) is 5.75 Å². The van der Waals surface area contributed by atoms with E-state index < -0.39 is 0 Å². The van der Waals surface area contributed by atoms with Crippen LogP contribution in [-0.4, -0.2) is 35.0 Å². The SMILES string of the molecule is Cc1ccc(OC2CCN(C(=O)c3cc4nc(C)ccc4o3)CC2)cc1. The van der Waals surface area contributed by atoms with Crippen molar-refractivity contribution in [2.75, 3.05) is 13.1 Å². The largest absolute Gasteiger partial charge is 0.490 e. The number of fused-ring (bicyclic) bond motifs is 1. The number of nitrogens with zero attached hydrogens (tertiary/aromatic N) is 2. The third-order valence-corrected chi connectivity index (χ3v) is 4.78. The Morgan fingerprint density at radius 3 is 2.58 bits per heavy atom. The highest BCUT2D eigenvalue weighted by Crippen LogP contribution is 2.23. The van der Waals surface area contributed by atoms with Crippen molar-refractivity contribution in [3.63, 3.8) is 0 Å². The van der Waals surface area contributed by atoms with Gasteiger partial charge in [0.1, 0.15) is 17.4 Å². The second-order valence-electron chi connectivity index (χ2n) is 6.87. The van der Waals surface area contributed by atoms with Crippen LogP contribution < -0.4 is 4.74 Å². The molecule has 3 heterocycles. The number of hydrogen-bond acceptors (Lipinski definition) is 4. The minimum atomic E-state index is -0.0746. The first-order valence-corrected chi connectivity index (χ1v) is 8.98. The van der Waals surface area contributed by atoms with Gasteiger partial charge in [-0.1, -0.05) is 17.7 Å². The number of carbonyl (C=O) groups is 1. The molecule has 0 aliphatic carbocycles. The molecule has 0 radical (unpaired) electrons. The maximum atomic E-state index is 12.7. The molecule has 134 valence electrons. The lowest BCUT2D eigenvalue weighted by atomic mass is 10.1. The molecule has 2 aromatic heterocycles. The van der Waals surface area contributed by atoms with Gasteiger partial charge < -0.3 is 14.1 Å². The molecule has 0 N–H and O–H groups in total. The monoisotopic (exact) mass is 350 g/mol. The Hall–Kier alpha value is -2.82. The van der Waals surface area contributed by atoms with Gasteiger partial charge in [-0.25, -0.2) is 4.98 Å². The van der Waals surface area contributed by atoms with Crippen LogP contribution in [0.3, 0.4) is 0 Å². The Morgan fingerprint density at radius 2 is 1.85 bits per heavy atom. The highest BCUT2D eigenvalue weighted by Gasteiger charge is 2.26. The van der Waals surface area contributed by atoms with Crippen molar-refractivity contribution in [3.05, 3.63) is 59.5 Å². The number of aryl methyl sites for hydroxylation is 2. The number of hydrogen-bond donors (Lipinski definition) is 0. The van der Waals surface area contributed by atoms with Gasteiger partial charge in [0.2, 0.25) is 0 Å². The third kappa shape index (κ3) is 3.43. The van der Waals surface area contributed by atoms with Gasteiger partial charge in [0, 0.05) is 37.7 Å². The summed E-state index contributed by atoms with van der Waals surface area (Å²) in [6, 6.07) is 13.6. The average Bonchev–Trinajstić information content (AvgIpc) is 3.07. The molecule has 0 spiro atoms. The van der Waals surface area contributed by atoms with Crippen LogP contribution >= 0.6 is 0 Å². The molecule has 1 saturated heterocycles. The van der Waals surface area contributed by atoms with E-state index in [9.17, 15) is 4.79 Å². The van der Waals surface area contributed by atoms with Crippen molar-refractivity contribution < 1.29 is 13.9 Å². The number of piperidine rings is 1. The van der Waals surface area contributed by atoms with Crippen LogP contribution in [0.1, 0.15) is 34.7 Å². The lowest BCUT2D eigenvalue weighted by Crippen LogP contribution is -2.41. The van der Waals surface area contributed by atoms with E-state index >= 15 is 0 Å². The molecule has 3 aromatic rings. The standard InChI is InChI=1S/C21H22N2O3/c1-14-3-6-16(7-4-14)25-17-9-11-23(12-10-17)21(24)20-13-18-19(26-20)8-5-15(2)22-18/h3-8,13,17H,9-12H2,1-2H3. The molecule has 1 amide bonds. The lowest BCUT2D eigenvalue weighted by Gasteiger charge is -2.31. The van der Waals surface area contributed by atoms with Crippen molar-refractivity contribution in [2.45, 2.75) is 32.8 Å². The smallest absolute Gasteiger partial charge is 0.289 e. The molecule has 0 atom stereocenters. The molecule has 26 heavy (non-hydrogen) atoms. The number of likely N-dealkylation sites (tertiary alicyclic amines) is 1. The zero-order valence-corrected chi connectivity index (χ0v) is 15.1. The number of amides is 1. The number of ether oxygens (including phenoxy) is 1. The highest BCUT2D eigenvalue weighted by molar-refractivity contribution is 5.95. The Bertz CT molecular complexity index is 922. The van der Waals surface area contributed by atoms with Crippen molar-refractivity contribution in [1.82, 2.24) is 9.88 Å². The summed E-state index contributed by atoms with van der Waals surface area (Å²) in [7, 11) is 0. The first-order chi connectivity index (χ1) is 12.6. The van der Waals surface area contributed by atoms with Crippen LogP contribution in [0.5, 0.6) is 5.75 Å². The van der Waals surface area contributed by atoms with Crippen molar-refractivity contribution >= 4 is 17.0 Å². The predicted molar refractivity (Wildman–Crippen MR) is 99.5 cm³/mol. The molecule has 0 bridgehead atoms. The van der Waals surface area contributed by atoms with Gasteiger partial charge in [0.25, 0.3) is 5.91 Å². The maximum absolute atomic E-state index is 12.7. The highest BCUT2D eigenvalue weighted by atomic mass is 16.5. The molecule has 0 unspecified atom stereocenters. The summed E-state index contributed by atoms with van der Waals surface area (Å²) in [6.07, 6.45) is 1.77. The average molecular weight is 350 g/mol. The van der Waals surface area contributed by atoms with E-state index in [0.29, 0.717) is 24.4 Å². The van der Waals surface area contributed by atoms with E-state index in [0.717, 1.165) is 29.8 Å². The van der Waals surface area contributed by atoms with E-state index in [2.05, 4.69) is 11.9 Å². The summed E-state index contributed by atoms with van der Waals surface area (Å²) >= 11 is 0. The zero-order valence-electron chi connectivity index (χ0n) is 15.1. The summed E-state index contributed by atoms with van der Waals surface area (Å²) in [5.41, 5.74) is 3.50. The maximum Gasteiger partial charge on any atom is 0.289 e. The molecule has 1 aliphatic heterocycles. The normalized spacial score (nSPS) is 15.4. The third-order valence-electron chi connectivity index (χ3n) is 4.78. The number of benzene rings is 1. The van der Waals surface area contributed by atoms with Crippen LogP contribution in [0.4, 0.5) is 0 Å². The molecule has 1 aliphatic rings. The summed E-state index contributed by atoms with van der Waals surface area (Å²) in [5.74, 6) is 1.17. The molecule has 1 fully saturated rings. The fourth-order valence-electron chi connectivity index (χ4n) is 3.27. The van der Waals surface area contributed by atoms with Crippen LogP contribution in [0.15, 0.2) is 46.9 Å². The molecule has 5 nitrogen and oxygen atoms in total. The van der Waals surface area contributed by atoms with Gasteiger partial charge in [-0.05, 0) is 38.1 Å². The molecule has 1 aromatic carbocycles. The van der Waals surface area contributed by atoms with Crippen molar-refractivity contribution in [1.29, 1.82) is 0 Å². The van der Waals surface area contributed by atoms with Crippen LogP contribution in [0.2, 0.25) is 0 Å². The summed E-state index contributed by atoms with van der Waals surface area (Å²) in [6.45, 7) is 5.31. The summed E-state index contributed by atoms with van der Waals surface area (Å²) in [5, 5.41) is 0. The quantitative estimate of drug-likeness (QED) is 0.713. The molecule has 5 heteroatoms. The Morgan fingerprint density at radius 1 is 1.12 bits per heavy atom. The topological polar surface area (TPSA) is 55.6 Å². The summed E-state index contributed by atoms with van der Waals surface area (Å²) < 4.78 is 11.7. The molecular formula is C21H22N2O3. The first kappa shape index (κ1) is 16.6. The van der Waals surface area contributed by atoms with Gasteiger partial charge in [0.05, 0.1) is 0 Å². The second kappa shape index (κ2) is 6.83. The van der Waals surface area contributed by atoms with E-state index in [1.807, 2.05) is 48.2 Å². The second-order valence-corrected chi connectivity index (χ2v) is 6.87. The van der Waals surface area contributed by atoms with Gasteiger partial charge in [-0.15, -0.1) is 0 Å². The number of furan rings is 1. The van der Waals surface area contributed by atoms with Crippen LogP contribution in [-0.2, 0) is 0 Å². The summed E-state index contributed by atoms with van der Waals surface area (Å²) in [4.78, 5) is 19.0. The van der Waals surface area contributed by atoms with Crippen LogP contribution in [0.25, 0.3) is 11.1 Å². The zero-order chi connectivity index (χ0) is 18.1. The number of carbonyl (C=O) groups excluding carboxylic acids is 1. The van der Waals surface area contributed by atoms with E-state index in [1.54, 1.807) is 6.07 Å². The number of aromatic nitrogens is 1. The minimum Gasteiger partial charge on any atom is -0.490 e. The molecule has 4 rings (SSSR count). The van der Waals surface area contributed by atoms with Gasteiger partial charge >= 0.3 is 0 Å². The van der Waals surface area contributed by atoms with Gasteiger partial charge in [-0.2, -0.15) is 0 Å². The van der Waals surface area contributed by atoms with E-state index in [1.165, 1.54) is 5.56 Å². The fraction of sp³-hybridized carbons (Fsp3) is 0.333. The number of rotatable bonds is 3. The molecule has 0 saturated carbocycles. The minimum absolute atomic E-state index is 0.0746. The molecular weight excluding hydrogens is 328 g/mol.